The van der Waals surface area contributed by atoms with Crippen molar-refractivity contribution < 1.29 is 0 Å². The van der Waals surface area contributed by atoms with Gasteiger partial charge >= 0.3 is 0 Å². The highest BCUT2D eigenvalue weighted by atomic mass is 15.2. The first-order valence-electron chi connectivity index (χ1n) is 16.5. The highest BCUT2D eigenvalue weighted by molar-refractivity contribution is 6.32. The van der Waals surface area contributed by atoms with Crippen molar-refractivity contribution in [2.24, 2.45) is 0 Å². The molecule has 0 saturated carbocycles. The Morgan fingerprint density at radius 3 is 2.36 bits per heavy atom. The van der Waals surface area contributed by atoms with Gasteiger partial charge in [-0.05, 0) is 60.2 Å². The minimum absolute atomic E-state index is 0.165. The van der Waals surface area contributed by atoms with E-state index in [-0.39, 0.29) is 11.5 Å². The van der Waals surface area contributed by atoms with Crippen LogP contribution in [0.3, 0.4) is 0 Å². The smallest absolute Gasteiger partial charge is 0.235 e. The summed E-state index contributed by atoms with van der Waals surface area (Å²) in [5, 5.41) is 8.67. The van der Waals surface area contributed by atoms with Crippen LogP contribution in [0.4, 0.5) is 11.4 Å². The fourth-order valence-electron chi connectivity index (χ4n) is 9.25. The van der Waals surface area contributed by atoms with Crippen molar-refractivity contribution >= 4 is 71.2 Å². The van der Waals surface area contributed by atoms with Gasteiger partial charge in [0.05, 0.1) is 34.0 Å². The number of aryl methyl sites for hydroxylation is 2. The summed E-state index contributed by atoms with van der Waals surface area (Å²) in [5.41, 5.74) is 11.9. The molecule has 1 unspecified atom stereocenters. The fourth-order valence-corrected chi connectivity index (χ4v) is 9.25. The number of benzene rings is 6. The van der Waals surface area contributed by atoms with Gasteiger partial charge in [-0.2, -0.15) is 0 Å². The van der Waals surface area contributed by atoms with Crippen molar-refractivity contribution in [2.75, 3.05) is 4.90 Å². The molecule has 0 fully saturated rings. The van der Waals surface area contributed by atoms with Crippen LogP contribution in [-0.4, -0.2) is 20.6 Å². The Labute approximate surface area is 271 Å². The van der Waals surface area contributed by atoms with Crippen LogP contribution in [0.25, 0.3) is 65.8 Å². The molecule has 6 aromatic carbocycles. The monoisotopic (exact) mass is 602 g/mol. The molecule has 11 rings (SSSR count). The molecule has 0 saturated heterocycles. The molecule has 2 aliphatic heterocycles. The first kappa shape index (κ1) is 25.5. The molecule has 0 amide bonds. The maximum atomic E-state index is 5.38. The lowest BCUT2D eigenvalue weighted by atomic mass is 9.71. The molecular weight excluding hydrogens is 573 g/mol. The molecule has 0 bridgehead atoms. The van der Waals surface area contributed by atoms with Gasteiger partial charge in [-0.25, -0.2) is 9.97 Å². The van der Waals surface area contributed by atoms with E-state index in [1.807, 2.05) is 0 Å². The van der Waals surface area contributed by atoms with Crippen LogP contribution in [0.2, 0.25) is 0 Å². The molecule has 4 heteroatoms. The Hall–Kier alpha value is -5.74. The summed E-state index contributed by atoms with van der Waals surface area (Å²) >= 11 is 0. The zero-order chi connectivity index (χ0) is 31.2. The second-order valence-corrected chi connectivity index (χ2v) is 13.6. The van der Waals surface area contributed by atoms with Gasteiger partial charge < -0.3 is 4.90 Å². The number of hydrogen-bond acceptors (Lipinski definition) is 3. The average Bonchev–Trinajstić information content (AvgIpc) is 3.72. The van der Waals surface area contributed by atoms with Crippen molar-refractivity contribution in [3.8, 4) is 5.95 Å². The van der Waals surface area contributed by atoms with Crippen LogP contribution in [0, 0.1) is 13.8 Å². The van der Waals surface area contributed by atoms with Crippen molar-refractivity contribution in [2.45, 2.75) is 32.2 Å². The predicted molar refractivity (Wildman–Crippen MR) is 195 cm³/mol. The van der Waals surface area contributed by atoms with Crippen LogP contribution in [0.5, 0.6) is 0 Å². The van der Waals surface area contributed by atoms with E-state index in [2.05, 4.69) is 152 Å². The molecule has 0 radical (unpaired) electrons. The SMILES string of the molecule is Cc1nc(-n2c3ccc4ccccc4c3c3c4ccccc4c4c(c32)[C@@]2(C)C=CC=C3c5ccccc5N4C32)nc2c(C)cccc12. The van der Waals surface area contributed by atoms with Gasteiger partial charge in [0.15, 0.2) is 0 Å². The highest BCUT2D eigenvalue weighted by Crippen LogP contribution is 2.64. The van der Waals surface area contributed by atoms with Crippen molar-refractivity contribution in [1.82, 2.24) is 14.5 Å². The molecule has 4 heterocycles. The average molecular weight is 603 g/mol. The molecule has 1 aliphatic carbocycles. The van der Waals surface area contributed by atoms with Gasteiger partial charge in [0.25, 0.3) is 0 Å². The van der Waals surface area contributed by atoms with Gasteiger partial charge in [-0.15, -0.1) is 0 Å². The Morgan fingerprint density at radius 2 is 1.47 bits per heavy atom. The molecule has 0 N–H and O–H groups in total. The minimum atomic E-state index is -0.287. The zero-order valence-electron chi connectivity index (χ0n) is 26.4. The van der Waals surface area contributed by atoms with E-state index in [0.717, 1.165) is 33.6 Å². The van der Waals surface area contributed by atoms with E-state index in [9.17, 15) is 0 Å². The van der Waals surface area contributed by atoms with Crippen LogP contribution in [0.15, 0.2) is 121 Å². The lowest BCUT2D eigenvalue weighted by molar-refractivity contribution is 0.573. The first-order valence-corrected chi connectivity index (χ1v) is 16.5. The summed E-state index contributed by atoms with van der Waals surface area (Å²) in [6.07, 6.45) is 7.06. The maximum absolute atomic E-state index is 5.38. The highest BCUT2D eigenvalue weighted by Gasteiger charge is 2.55. The number of fused-ring (bicyclic) bond motifs is 16. The summed E-state index contributed by atoms with van der Waals surface area (Å²) < 4.78 is 2.40. The fraction of sp³-hybridized carbons (Fsp3) is 0.116. The van der Waals surface area contributed by atoms with Gasteiger partial charge in [0.2, 0.25) is 5.95 Å². The first-order chi connectivity index (χ1) is 23.0. The normalized spacial score (nSPS) is 19.3. The largest absolute Gasteiger partial charge is 0.331 e. The zero-order valence-corrected chi connectivity index (χ0v) is 26.4. The molecular formula is C43H30N4. The Kier molecular flexibility index (Phi) is 4.62. The molecule has 47 heavy (non-hydrogen) atoms. The van der Waals surface area contributed by atoms with E-state index in [0.29, 0.717) is 0 Å². The number of allylic oxidation sites excluding steroid dienone is 2. The molecule has 3 aliphatic rings. The molecule has 2 aromatic heterocycles. The molecule has 8 aromatic rings. The number of anilines is 2. The summed E-state index contributed by atoms with van der Waals surface area (Å²) in [6, 6.07) is 37.9. The van der Waals surface area contributed by atoms with Crippen molar-refractivity contribution in [1.29, 1.82) is 0 Å². The summed E-state index contributed by atoms with van der Waals surface area (Å²) in [5.74, 6) is 0.726. The summed E-state index contributed by atoms with van der Waals surface area (Å²) in [7, 11) is 0. The van der Waals surface area contributed by atoms with Crippen molar-refractivity contribution in [3.05, 3.63) is 144 Å². The quantitative estimate of drug-likeness (QED) is 0.187. The number of hydrogen-bond donors (Lipinski definition) is 0. The summed E-state index contributed by atoms with van der Waals surface area (Å²) in [6.45, 7) is 6.71. The van der Waals surface area contributed by atoms with Crippen LogP contribution < -0.4 is 4.90 Å². The molecule has 2 atom stereocenters. The Bertz CT molecular complexity index is 2800. The standard InChI is InChI=1S/C43H30N4/c1-24-12-10-18-27-25(2)44-42(45-38(24)27)47-34-22-21-26-13-4-5-14-28(26)35(34)36-30-16-6-7-17-31(30)39-37(40(36)47)43(3)23-11-19-32-29-15-8-9-20-33(29)46(39)41(32)43/h4-23,41H,1-3H3/t41?,43-/m1/s1. The van der Waals surface area contributed by atoms with Gasteiger partial charge in [0.1, 0.15) is 0 Å². The molecule has 4 nitrogen and oxygen atoms in total. The lowest BCUT2D eigenvalue weighted by Crippen LogP contribution is -2.38. The van der Waals surface area contributed by atoms with E-state index < -0.39 is 0 Å². The number of nitrogens with zero attached hydrogens (tertiary/aromatic N) is 4. The minimum Gasteiger partial charge on any atom is -0.331 e. The second kappa shape index (κ2) is 8.54. The molecule has 222 valence electrons. The Balaban J connectivity index is 1.43. The third-order valence-electron chi connectivity index (χ3n) is 11.2. The number of rotatable bonds is 1. The van der Waals surface area contributed by atoms with E-state index in [1.165, 1.54) is 65.9 Å². The second-order valence-electron chi connectivity index (χ2n) is 13.6. The summed E-state index contributed by atoms with van der Waals surface area (Å²) in [4.78, 5) is 13.3. The van der Waals surface area contributed by atoms with Crippen LogP contribution >= 0.6 is 0 Å². The Morgan fingerprint density at radius 1 is 0.702 bits per heavy atom. The maximum Gasteiger partial charge on any atom is 0.235 e. The van der Waals surface area contributed by atoms with E-state index in [1.54, 1.807) is 0 Å². The number of para-hydroxylation sites is 2. The third kappa shape index (κ3) is 2.95. The van der Waals surface area contributed by atoms with Gasteiger partial charge in [-0.3, -0.25) is 4.57 Å². The third-order valence-corrected chi connectivity index (χ3v) is 11.2. The van der Waals surface area contributed by atoms with E-state index in [4.69, 9.17) is 9.97 Å². The van der Waals surface area contributed by atoms with E-state index >= 15 is 0 Å². The predicted octanol–water partition coefficient (Wildman–Crippen LogP) is 10.4. The van der Waals surface area contributed by atoms with Gasteiger partial charge in [0, 0.05) is 43.8 Å². The van der Waals surface area contributed by atoms with Crippen LogP contribution in [0.1, 0.15) is 29.3 Å². The van der Waals surface area contributed by atoms with Crippen molar-refractivity contribution in [3.63, 3.8) is 0 Å². The van der Waals surface area contributed by atoms with Gasteiger partial charge in [-0.1, -0.05) is 109 Å². The lowest BCUT2D eigenvalue weighted by Gasteiger charge is -2.33. The number of aromatic nitrogens is 3. The van der Waals surface area contributed by atoms with Crippen LogP contribution in [-0.2, 0) is 5.41 Å². The molecule has 0 spiro atoms. The topological polar surface area (TPSA) is 34.0 Å².